The van der Waals surface area contributed by atoms with Crippen molar-refractivity contribution in [1.29, 1.82) is 0 Å². The number of aromatic nitrogens is 3. The SMILES string of the molecule is CSc1cc(OC2CCN(C)CC2)ccc1Nc1nc2ccc(-c3ccc(NC(=O)Cc4ccc(F)cc4)cc3)cn2n1. The van der Waals surface area contributed by atoms with Gasteiger partial charge in [0.05, 0.1) is 12.1 Å². The van der Waals surface area contributed by atoms with Gasteiger partial charge >= 0.3 is 0 Å². The van der Waals surface area contributed by atoms with Crippen LogP contribution in [0.4, 0.5) is 21.7 Å². The minimum Gasteiger partial charge on any atom is -0.490 e. The number of carbonyl (C=O) groups is 1. The van der Waals surface area contributed by atoms with Crippen LogP contribution in [0.3, 0.4) is 0 Å². The lowest BCUT2D eigenvalue weighted by molar-refractivity contribution is -0.115. The third kappa shape index (κ3) is 7.15. The van der Waals surface area contributed by atoms with Gasteiger partial charge in [-0.2, -0.15) is 4.98 Å². The van der Waals surface area contributed by atoms with Crippen LogP contribution in [-0.2, 0) is 11.2 Å². The lowest BCUT2D eigenvalue weighted by atomic mass is 10.1. The monoisotopic (exact) mass is 596 g/mol. The first-order valence-electron chi connectivity index (χ1n) is 14.2. The number of rotatable bonds is 9. The molecule has 0 unspecified atom stereocenters. The van der Waals surface area contributed by atoms with Crippen LogP contribution in [0.2, 0.25) is 0 Å². The van der Waals surface area contributed by atoms with Crippen LogP contribution in [0, 0.1) is 5.82 Å². The molecule has 1 saturated heterocycles. The zero-order valence-electron chi connectivity index (χ0n) is 24.1. The number of hydrogen-bond acceptors (Lipinski definition) is 7. The minimum atomic E-state index is -0.320. The molecule has 0 spiro atoms. The van der Waals surface area contributed by atoms with Gasteiger partial charge < -0.3 is 20.3 Å². The molecule has 3 heterocycles. The average Bonchev–Trinajstić information content (AvgIpc) is 3.42. The number of nitrogens with one attached hydrogen (secondary N) is 2. The number of benzene rings is 3. The van der Waals surface area contributed by atoms with Gasteiger partial charge in [-0.1, -0.05) is 24.3 Å². The van der Waals surface area contributed by atoms with Crippen LogP contribution in [0.1, 0.15) is 18.4 Å². The third-order valence-electron chi connectivity index (χ3n) is 7.50. The molecule has 0 atom stereocenters. The Morgan fingerprint density at radius 1 is 1.00 bits per heavy atom. The summed E-state index contributed by atoms with van der Waals surface area (Å²) < 4.78 is 21.1. The van der Waals surface area contributed by atoms with Crippen molar-refractivity contribution in [3.63, 3.8) is 0 Å². The van der Waals surface area contributed by atoms with E-state index in [2.05, 4.69) is 38.7 Å². The summed E-state index contributed by atoms with van der Waals surface area (Å²) in [6.07, 6.45) is 6.49. The highest BCUT2D eigenvalue weighted by atomic mass is 32.2. The molecule has 0 radical (unpaired) electrons. The molecule has 3 aromatic carbocycles. The Labute approximate surface area is 254 Å². The Kier molecular flexibility index (Phi) is 8.57. The molecule has 0 bridgehead atoms. The van der Waals surface area contributed by atoms with Crippen molar-refractivity contribution in [3.05, 3.63) is 96.4 Å². The van der Waals surface area contributed by atoms with Gasteiger partial charge in [-0.15, -0.1) is 16.9 Å². The first kappa shape index (κ1) is 28.7. The summed E-state index contributed by atoms with van der Waals surface area (Å²) in [6.45, 7) is 2.12. The zero-order chi connectivity index (χ0) is 29.8. The molecule has 43 heavy (non-hydrogen) atoms. The number of amides is 1. The molecule has 5 aromatic rings. The number of thioether (sulfide) groups is 1. The molecule has 0 saturated carbocycles. The Bertz CT molecular complexity index is 1720. The first-order chi connectivity index (χ1) is 20.9. The van der Waals surface area contributed by atoms with E-state index in [1.807, 2.05) is 61.0 Å². The number of carbonyl (C=O) groups excluding carboxylic acids is 1. The average molecular weight is 597 g/mol. The predicted molar refractivity (Wildman–Crippen MR) is 170 cm³/mol. The van der Waals surface area contributed by atoms with Gasteiger partial charge in [0.2, 0.25) is 11.9 Å². The van der Waals surface area contributed by atoms with Crippen LogP contribution in [0.15, 0.2) is 90.0 Å². The molecule has 0 aliphatic carbocycles. The van der Waals surface area contributed by atoms with Gasteiger partial charge in [-0.3, -0.25) is 4.79 Å². The molecule has 1 fully saturated rings. The van der Waals surface area contributed by atoms with Gasteiger partial charge in [0.1, 0.15) is 17.7 Å². The summed E-state index contributed by atoms with van der Waals surface area (Å²) in [6, 6.07) is 23.6. The third-order valence-corrected chi connectivity index (χ3v) is 8.28. The fraction of sp³-hybridized carbons (Fsp3) is 0.242. The van der Waals surface area contributed by atoms with Gasteiger partial charge in [-0.05, 0) is 91.9 Å². The van der Waals surface area contributed by atoms with Crippen LogP contribution in [0.25, 0.3) is 16.8 Å². The van der Waals surface area contributed by atoms with E-state index in [4.69, 9.17) is 4.74 Å². The van der Waals surface area contributed by atoms with Gasteiger partial charge in [0.25, 0.3) is 0 Å². The van der Waals surface area contributed by atoms with E-state index >= 15 is 0 Å². The van der Waals surface area contributed by atoms with Crippen molar-refractivity contribution >= 4 is 40.6 Å². The number of fused-ring (bicyclic) bond motifs is 1. The highest BCUT2D eigenvalue weighted by molar-refractivity contribution is 7.98. The number of piperidine rings is 1. The van der Waals surface area contributed by atoms with E-state index in [0.29, 0.717) is 11.6 Å². The lowest BCUT2D eigenvalue weighted by Crippen LogP contribution is -2.35. The molecule has 2 N–H and O–H groups in total. The predicted octanol–water partition coefficient (Wildman–Crippen LogP) is 6.66. The molecule has 2 aromatic heterocycles. The Morgan fingerprint density at radius 2 is 1.74 bits per heavy atom. The van der Waals surface area contributed by atoms with Crippen LogP contribution < -0.4 is 15.4 Å². The van der Waals surface area contributed by atoms with E-state index in [1.165, 1.54) is 12.1 Å². The molecule has 1 aliphatic rings. The lowest BCUT2D eigenvalue weighted by Gasteiger charge is -2.29. The molecule has 220 valence electrons. The van der Waals surface area contributed by atoms with E-state index in [0.717, 1.165) is 64.6 Å². The zero-order valence-corrected chi connectivity index (χ0v) is 24.9. The summed E-state index contributed by atoms with van der Waals surface area (Å²) in [5.74, 6) is 0.915. The Morgan fingerprint density at radius 3 is 2.49 bits per heavy atom. The second-order valence-corrected chi connectivity index (χ2v) is 11.5. The molecule has 1 amide bonds. The molecule has 8 nitrogen and oxygen atoms in total. The maximum atomic E-state index is 13.1. The van der Waals surface area contributed by atoms with E-state index in [9.17, 15) is 9.18 Å². The number of ether oxygens (including phenoxy) is 1. The first-order valence-corrected chi connectivity index (χ1v) is 15.5. The smallest absolute Gasteiger partial charge is 0.247 e. The highest BCUT2D eigenvalue weighted by Gasteiger charge is 2.19. The molecular formula is C33H33FN6O2S. The van der Waals surface area contributed by atoms with E-state index in [1.54, 1.807) is 28.4 Å². The summed E-state index contributed by atoms with van der Waals surface area (Å²) >= 11 is 1.65. The maximum absolute atomic E-state index is 13.1. The highest BCUT2D eigenvalue weighted by Crippen LogP contribution is 2.32. The fourth-order valence-corrected chi connectivity index (χ4v) is 5.68. The maximum Gasteiger partial charge on any atom is 0.247 e. The number of likely N-dealkylation sites (tertiary alicyclic amines) is 1. The van der Waals surface area contributed by atoms with Crippen LogP contribution in [0.5, 0.6) is 5.75 Å². The topological polar surface area (TPSA) is 83.8 Å². The van der Waals surface area contributed by atoms with Crippen molar-refractivity contribution in [1.82, 2.24) is 19.5 Å². The van der Waals surface area contributed by atoms with Crippen molar-refractivity contribution in [2.75, 3.05) is 37.0 Å². The number of anilines is 3. The Balaban J connectivity index is 1.10. The summed E-state index contributed by atoms with van der Waals surface area (Å²) in [4.78, 5) is 20.5. The van der Waals surface area contributed by atoms with Crippen LogP contribution in [-0.4, -0.2) is 57.9 Å². The largest absolute Gasteiger partial charge is 0.490 e. The summed E-state index contributed by atoms with van der Waals surface area (Å²) in [5, 5.41) is 10.9. The molecular weight excluding hydrogens is 563 g/mol. The molecule has 10 heteroatoms. The normalized spacial score (nSPS) is 14.1. The van der Waals surface area contributed by atoms with Gasteiger partial charge in [0, 0.05) is 35.4 Å². The molecule has 1 aliphatic heterocycles. The second-order valence-electron chi connectivity index (χ2n) is 10.7. The number of pyridine rings is 1. The fourth-order valence-electron chi connectivity index (χ4n) is 5.11. The van der Waals surface area contributed by atoms with Crippen molar-refractivity contribution in [2.24, 2.45) is 0 Å². The Hall–Kier alpha value is -4.41. The number of hydrogen-bond donors (Lipinski definition) is 2. The van der Waals surface area contributed by atoms with Crippen molar-refractivity contribution < 1.29 is 13.9 Å². The standard InChI is InChI=1S/C33H33FN6O2S/c1-39-17-15-27(16-18-39)42-28-12-13-29(30(20-28)43-2)36-33-37-31-14-7-24(21-40(31)38-33)23-5-10-26(11-6-23)35-32(41)19-22-3-8-25(34)9-4-22/h3-14,20-21,27H,15-19H2,1-2H3,(H,35,41)(H,36,38). The minimum absolute atomic E-state index is 0.160. The quantitative estimate of drug-likeness (QED) is 0.184. The van der Waals surface area contributed by atoms with E-state index in [-0.39, 0.29) is 24.2 Å². The number of halogens is 1. The van der Waals surface area contributed by atoms with E-state index < -0.39 is 0 Å². The van der Waals surface area contributed by atoms with Gasteiger partial charge in [0.15, 0.2) is 5.65 Å². The molecule has 6 rings (SSSR count). The van der Waals surface area contributed by atoms with Gasteiger partial charge in [-0.25, -0.2) is 8.91 Å². The van der Waals surface area contributed by atoms with Crippen molar-refractivity contribution in [3.8, 4) is 16.9 Å². The van der Waals surface area contributed by atoms with Crippen LogP contribution >= 0.6 is 11.8 Å². The second kappa shape index (κ2) is 12.8. The van der Waals surface area contributed by atoms with Crippen molar-refractivity contribution in [2.45, 2.75) is 30.3 Å². The summed E-state index contributed by atoms with van der Waals surface area (Å²) in [7, 11) is 2.15. The number of nitrogens with zero attached hydrogens (tertiary/aromatic N) is 4. The summed E-state index contributed by atoms with van der Waals surface area (Å²) in [5.41, 5.74) is 5.04.